The Kier molecular flexibility index (Phi) is 4.56. The lowest BCUT2D eigenvalue weighted by Gasteiger charge is -2.30. The second kappa shape index (κ2) is 5.53. The van der Waals surface area contributed by atoms with Gasteiger partial charge in [0.25, 0.3) is 0 Å². The molecule has 17 heavy (non-hydrogen) atoms. The number of benzene rings is 1. The number of hydrogen-bond donors (Lipinski definition) is 1. The summed E-state index contributed by atoms with van der Waals surface area (Å²) in [5.74, 6) is -2.71. The summed E-state index contributed by atoms with van der Waals surface area (Å²) in [4.78, 5) is 0. The van der Waals surface area contributed by atoms with Crippen LogP contribution in [0.4, 0.5) is 8.78 Å². The average Bonchev–Trinajstić information content (AvgIpc) is 2.36. The van der Waals surface area contributed by atoms with Crippen LogP contribution in [-0.2, 0) is 15.9 Å². The third-order valence-corrected chi connectivity index (χ3v) is 2.97. The van der Waals surface area contributed by atoms with E-state index in [-0.39, 0.29) is 18.5 Å². The maximum absolute atomic E-state index is 13.4. The Morgan fingerprint density at radius 1 is 1.24 bits per heavy atom. The highest BCUT2D eigenvalue weighted by molar-refractivity contribution is 5.29. The SMILES string of the molecule is COC(CN)(Cc1ccc(F)c(F)c1C)OC. The lowest BCUT2D eigenvalue weighted by Crippen LogP contribution is -2.44. The Hall–Kier alpha value is -1.04. The van der Waals surface area contributed by atoms with Crippen LogP contribution < -0.4 is 5.73 Å². The zero-order valence-corrected chi connectivity index (χ0v) is 10.2. The maximum Gasteiger partial charge on any atom is 0.183 e. The lowest BCUT2D eigenvalue weighted by molar-refractivity contribution is -0.197. The van der Waals surface area contributed by atoms with Crippen molar-refractivity contribution in [1.82, 2.24) is 0 Å². The van der Waals surface area contributed by atoms with Crippen LogP contribution >= 0.6 is 0 Å². The third-order valence-electron chi connectivity index (χ3n) is 2.97. The Labute approximate surface area is 99.5 Å². The zero-order valence-electron chi connectivity index (χ0n) is 10.2. The molecule has 0 saturated heterocycles. The molecule has 1 aromatic carbocycles. The summed E-state index contributed by atoms with van der Waals surface area (Å²) in [7, 11) is 2.93. The molecule has 2 N–H and O–H groups in total. The normalized spacial score (nSPS) is 11.9. The minimum absolute atomic E-state index is 0.123. The molecule has 0 bridgehead atoms. The van der Waals surface area contributed by atoms with E-state index in [4.69, 9.17) is 15.2 Å². The van der Waals surface area contributed by atoms with Crippen molar-refractivity contribution in [2.75, 3.05) is 20.8 Å². The number of halogens is 2. The van der Waals surface area contributed by atoms with Crippen LogP contribution in [0.2, 0.25) is 0 Å². The fourth-order valence-corrected chi connectivity index (χ4v) is 1.64. The Balaban J connectivity index is 3.06. The molecule has 0 aliphatic carbocycles. The number of rotatable bonds is 5. The Bertz CT molecular complexity index is 384. The van der Waals surface area contributed by atoms with Crippen molar-refractivity contribution in [3.05, 3.63) is 34.9 Å². The molecule has 96 valence electrons. The molecular formula is C12H17F2NO2. The standard InChI is InChI=1S/C12H17F2NO2/c1-8-9(4-5-10(13)11(8)14)6-12(7-15,16-2)17-3/h4-5H,6-7,15H2,1-3H3. The molecule has 0 spiro atoms. The molecule has 0 aliphatic heterocycles. The number of ether oxygens (including phenoxy) is 2. The molecule has 0 aliphatic rings. The summed E-state index contributed by atoms with van der Waals surface area (Å²) < 4.78 is 36.8. The number of nitrogens with two attached hydrogens (primary N) is 1. The summed E-state index contributed by atoms with van der Waals surface area (Å²) in [5.41, 5.74) is 6.43. The second-order valence-electron chi connectivity index (χ2n) is 3.85. The highest BCUT2D eigenvalue weighted by Gasteiger charge is 2.29. The fourth-order valence-electron chi connectivity index (χ4n) is 1.64. The highest BCUT2D eigenvalue weighted by atomic mass is 19.2. The first kappa shape index (κ1) is 14.0. The second-order valence-corrected chi connectivity index (χ2v) is 3.85. The van der Waals surface area contributed by atoms with E-state index >= 15 is 0 Å². The van der Waals surface area contributed by atoms with Gasteiger partial charge in [-0.25, -0.2) is 8.78 Å². The molecule has 0 atom stereocenters. The first-order valence-corrected chi connectivity index (χ1v) is 5.23. The molecule has 5 heteroatoms. The third kappa shape index (κ3) is 2.80. The van der Waals surface area contributed by atoms with E-state index < -0.39 is 17.4 Å². The van der Waals surface area contributed by atoms with Crippen LogP contribution in [0.5, 0.6) is 0 Å². The van der Waals surface area contributed by atoms with Crippen LogP contribution in [-0.4, -0.2) is 26.6 Å². The van der Waals surface area contributed by atoms with Gasteiger partial charge >= 0.3 is 0 Å². The van der Waals surface area contributed by atoms with Crippen molar-refractivity contribution >= 4 is 0 Å². The molecule has 1 rings (SSSR count). The van der Waals surface area contributed by atoms with Gasteiger partial charge in [-0.3, -0.25) is 0 Å². The molecule has 0 unspecified atom stereocenters. The average molecular weight is 245 g/mol. The molecule has 0 radical (unpaired) electrons. The number of hydrogen-bond acceptors (Lipinski definition) is 3. The van der Waals surface area contributed by atoms with Crippen LogP contribution in [0.15, 0.2) is 12.1 Å². The van der Waals surface area contributed by atoms with Crippen molar-refractivity contribution in [2.24, 2.45) is 5.73 Å². The van der Waals surface area contributed by atoms with Gasteiger partial charge in [0.1, 0.15) is 0 Å². The van der Waals surface area contributed by atoms with E-state index in [2.05, 4.69) is 0 Å². The lowest BCUT2D eigenvalue weighted by atomic mass is 9.99. The minimum atomic E-state index is -1.00. The van der Waals surface area contributed by atoms with E-state index in [0.717, 1.165) is 6.07 Å². The van der Waals surface area contributed by atoms with Gasteiger partial charge in [0.15, 0.2) is 17.4 Å². The van der Waals surface area contributed by atoms with E-state index in [0.29, 0.717) is 5.56 Å². The van der Waals surface area contributed by atoms with Gasteiger partial charge in [-0.2, -0.15) is 0 Å². The van der Waals surface area contributed by atoms with Crippen molar-refractivity contribution in [3.63, 3.8) is 0 Å². The van der Waals surface area contributed by atoms with Crippen molar-refractivity contribution in [2.45, 2.75) is 19.1 Å². The minimum Gasteiger partial charge on any atom is -0.352 e. The van der Waals surface area contributed by atoms with Gasteiger partial charge in [-0.1, -0.05) is 6.07 Å². The maximum atomic E-state index is 13.4. The van der Waals surface area contributed by atoms with Gasteiger partial charge in [0.2, 0.25) is 0 Å². The van der Waals surface area contributed by atoms with Crippen LogP contribution in [0.1, 0.15) is 11.1 Å². The molecule has 1 aromatic rings. The van der Waals surface area contributed by atoms with Crippen molar-refractivity contribution in [3.8, 4) is 0 Å². The Morgan fingerprint density at radius 2 is 1.82 bits per heavy atom. The molecule has 0 saturated carbocycles. The van der Waals surface area contributed by atoms with Gasteiger partial charge in [0.05, 0.1) is 0 Å². The largest absolute Gasteiger partial charge is 0.352 e. The molecule has 3 nitrogen and oxygen atoms in total. The molecule has 0 heterocycles. The zero-order chi connectivity index (χ0) is 13.1. The van der Waals surface area contributed by atoms with Gasteiger partial charge in [0, 0.05) is 27.2 Å². The smallest absolute Gasteiger partial charge is 0.183 e. The van der Waals surface area contributed by atoms with Crippen LogP contribution in [0.3, 0.4) is 0 Å². The first-order chi connectivity index (χ1) is 7.99. The van der Waals surface area contributed by atoms with Crippen LogP contribution in [0, 0.1) is 18.6 Å². The molecule has 0 aromatic heterocycles. The summed E-state index contributed by atoms with van der Waals surface area (Å²) in [6.07, 6.45) is 0.263. The topological polar surface area (TPSA) is 44.5 Å². The summed E-state index contributed by atoms with van der Waals surface area (Å²) >= 11 is 0. The summed E-state index contributed by atoms with van der Waals surface area (Å²) in [5, 5.41) is 0. The van der Waals surface area contributed by atoms with Crippen molar-refractivity contribution < 1.29 is 18.3 Å². The predicted molar refractivity (Wildman–Crippen MR) is 60.6 cm³/mol. The number of methoxy groups -OCH3 is 2. The fraction of sp³-hybridized carbons (Fsp3) is 0.500. The first-order valence-electron chi connectivity index (χ1n) is 5.23. The van der Waals surface area contributed by atoms with Crippen LogP contribution in [0.25, 0.3) is 0 Å². The van der Waals surface area contributed by atoms with E-state index in [9.17, 15) is 8.78 Å². The quantitative estimate of drug-likeness (QED) is 0.804. The Morgan fingerprint density at radius 3 is 2.29 bits per heavy atom. The summed E-state index contributed by atoms with van der Waals surface area (Å²) in [6.45, 7) is 1.64. The van der Waals surface area contributed by atoms with E-state index in [1.165, 1.54) is 27.2 Å². The molecular weight excluding hydrogens is 228 g/mol. The van der Waals surface area contributed by atoms with Gasteiger partial charge in [-0.05, 0) is 24.1 Å². The van der Waals surface area contributed by atoms with Gasteiger partial charge in [-0.15, -0.1) is 0 Å². The van der Waals surface area contributed by atoms with Crippen molar-refractivity contribution in [1.29, 1.82) is 0 Å². The van der Waals surface area contributed by atoms with Gasteiger partial charge < -0.3 is 15.2 Å². The predicted octanol–water partition coefficient (Wildman–Crippen LogP) is 1.76. The van der Waals surface area contributed by atoms with E-state index in [1.54, 1.807) is 0 Å². The molecule has 0 fully saturated rings. The summed E-state index contributed by atoms with van der Waals surface area (Å²) in [6, 6.07) is 2.60. The van der Waals surface area contributed by atoms with E-state index in [1.807, 2.05) is 0 Å². The highest BCUT2D eigenvalue weighted by Crippen LogP contribution is 2.22. The molecule has 0 amide bonds. The monoisotopic (exact) mass is 245 g/mol.